The van der Waals surface area contributed by atoms with Gasteiger partial charge in [0.1, 0.15) is 17.6 Å². The third-order valence-electron chi connectivity index (χ3n) is 5.12. The first kappa shape index (κ1) is 20.6. The van der Waals surface area contributed by atoms with Crippen LogP contribution < -0.4 is 9.64 Å². The number of benzene rings is 2. The highest BCUT2D eigenvalue weighted by molar-refractivity contribution is 6.52. The number of rotatable bonds is 4. The molecule has 0 saturated carbocycles. The summed E-state index contributed by atoms with van der Waals surface area (Å²) in [4.78, 5) is 31.9. The van der Waals surface area contributed by atoms with Crippen molar-refractivity contribution in [2.45, 2.75) is 13.0 Å². The van der Waals surface area contributed by atoms with E-state index in [0.717, 1.165) is 5.56 Å². The largest absolute Gasteiger partial charge is 0.507 e. The molecule has 1 fully saturated rings. The minimum atomic E-state index is -0.912. The fraction of sp³-hybridized carbons (Fsp3) is 0.125. The number of halogens is 1. The van der Waals surface area contributed by atoms with Crippen LogP contribution in [0.1, 0.15) is 22.9 Å². The lowest BCUT2D eigenvalue weighted by molar-refractivity contribution is -0.132. The average Bonchev–Trinajstić information content (AvgIpc) is 3.05. The molecule has 1 amide bonds. The molecule has 1 N–H and O–H groups in total. The molecule has 0 spiro atoms. The maximum atomic E-state index is 13.1. The number of aryl methyl sites for hydroxylation is 1. The van der Waals surface area contributed by atoms with Crippen LogP contribution in [0.5, 0.6) is 5.75 Å². The molecule has 0 aliphatic carbocycles. The first-order valence-corrected chi connectivity index (χ1v) is 9.92. The molecule has 1 aliphatic heterocycles. The Morgan fingerprint density at radius 1 is 1.10 bits per heavy atom. The van der Waals surface area contributed by atoms with Crippen LogP contribution in [0.15, 0.2) is 72.4 Å². The van der Waals surface area contributed by atoms with Gasteiger partial charge in [-0.15, -0.1) is 0 Å². The van der Waals surface area contributed by atoms with E-state index in [2.05, 4.69) is 4.98 Å². The van der Waals surface area contributed by atoms with Gasteiger partial charge in [-0.05, 0) is 55.0 Å². The predicted molar refractivity (Wildman–Crippen MR) is 118 cm³/mol. The third-order valence-corrected chi connectivity index (χ3v) is 5.45. The second kappa shape index (κ2) is 8.24. The van der Waals surface area contributed by atoms with E-state index in [-0.39, 0.29) is 21.9 Å². The van der Waals surface area contributed by atoms with Gasteiger partial charge in [-0.2, -0.15) is 0 Å². The van der Waals surface area contributed by atoms with Gasteiger partial charge in [-0.25, -0.2) is 0 Å². The van der Waals surface area contributed by atoms with Crippen LogP contribution in [0.25, 0.3) is 5.76 Å². The minimum Gasteiger partial charge on any atom is -0.507 e. The zero-order valence-electron chi connectivity index (χ0n) is 16.9. The smallest absolute Gasteiger partial charge is 0.300 e. The summed E-state index contributed by atoms with van der Waals surface area (Å²) in [6.45, 7) is 1.89. The van der Waals surface area contributed by atoms with Crippen LogP contribution in [0.2, 0.25) is 5.02 Å². The van der Waals surface area contributed by atoms with E-state index in [0.29, 0.717) is 17.1 Å². The average molecular weight is 435 g/mol. The van der Waals surface area contributed by atoms with Gasteiger partial charge >= 0.3 is 0 Å². The van der Waals surface area contributed by atoms with Crippen molar-refractivity contribution in [2.24, 2.45) is 0 Å². The number of ketones is 1. The molecule has 2 heterocycles. The lowest BCUT2D eigenvalue weighted by atomic mass is 9.98. The number of pyridine rings is 1. The lowest BCUT2D eigenvalue weighted by Crippen LogP contribution is -2.29. The lowest BCUT2D eigenvalue weighted by Gasteiger charge is -2.25. The predicted octanol–water partition coefficient (Wildman–Crippen LogP) is 4.68. The molecule has 3 aromatic rings. The Bertz CT molecular complexity index is 1210. The Morgan fingerprint density at radius 3 is 2.58 bits per heavy atom. The number of aromatic nitrogens is 1. The number of aliphatic hydroxyl groups excluding tert-OH is 1. The van der Waals surface area contributed by atoms with E-state index in [4.69, 9.17) is 16.3 Å². The molecular formula is C24H19ClN2O4. The van der Waals surface area contributed by atoms with Gasteiger partial charge in [0.05, 0.1) is 23.4 Å². The van der Waals surface area contributed by atoms with Crippen LogP contribution in [0, 0.1) is 6.92 Å². The van der Waals surface area contributed by atoms with Gasteiger partial charge in [0.2, 0.25) is 0 Å². The molecular weight excluding hydrogens is 416 g/mol. The second-order valence-corrected chi connectivity index (χ2v) is 7.52. The van der Waals surface area contributed by atoms with E-state index in [9.17, 15) is 14.7 Å². The van der Waals surface area contributed by atoms with Crippen molar-refractivity contribution < 1.29 is 19.4 Å². The number of carbonyl (C=O) groups is 2. The van der Waals surface area contributed by atoms with Crippen LogP contribution >= 0.6 is 11.6 Å². The molecule has 2 aromatic carbocycles. The normalized spacial score (nSPS) is 17.8. The fourth-order valence-corrected chi connectivity index (χ4v) is 3.86. The van der Waals surface area contributed by atoms with Gasteiger partial charge in [0.15, 0.2) is 0 Å². The molecule has 1 unspecified atom stereocenters. The van der Waals surface area contributed by atoms with Crippen LogP contribution in [-0.4, -0.2) is 28.9 Å². The first-order valence-electron chi connectivity index (χ1n) is 9.55. The Balaban J connectivity index is 1.97. The van der Waals surface area contributed by atoms with Crippen molar-refractivity contribution in [3.05, 3.63) is 94.3 Å². The highest BCUT2D eigenvalue weighted by Gasteiger charge is 2.47. The molecule has 0 radical (unpaired) electrons. The Hall–Kier alpha value is -3.64. The quantitative estimate of drug-likeness (QED) is 0.366. The monoisotopic (exact) mass is 434 g/mol. The van der Waals surface area contributed by atoms with Gasteiger partial charge in [-0.3, -0.25) is 19.5 Å². The van der Waals surface area contributed by atoms with Crippen LogP contribution in [0.3, 0.4) is 0 Å². The number of Topliss-reactive ketones (excluding diaryl/α,β-unsaturated/α-hetero) is 1. The third kappa shape index (κ3) is 3.66. The Morgan fingerprint density at radius 2 is 1.90 bits per heavy atom. The molecule has 31 heavy (non-hydrogen) atoms. The van der Waals surface area contributed by atoms with Gasteiger partial charge in [0, 0.05) is 17.4 Å². The number of anilines is 1. The highest BCUT2D eigenvalue weighted by Crippen LogP contribution is 2.42. The van der Waals surface area contributed by atoms with E-state index < -0.39 is 17.7 Å². The first-order chi connectivity index (χ1) is 14.9. The van der Waals surface area contributed by atoms with Crippen LogP contribution in [-0.2, 0) is 9.59 Å². The number of hydrogen-bond acceptors (Lipinski definition) is 5. The molecule has 4 rings (SSSR count). The maximum Gasteiger partial charge on any atom is 0.300 e. The number of carbonyl (C=O) groups excluding carboxylic acids is 2. The van der Waals surface area contributed by atoms with Crippen molar-refractivity contribution in [1.82, 2.24) is 4.98 Å². The number of nitrogens with zero attached hydrogens (tertiary/aromatic N) is 2. The zero-order chi connectivity index (χ0) is 22.1. The van der Waals surface area contributed by atoms with E-state index in [1.165, 1.54) is 18.1 Å². The topological polar surface area (TPSA) is 79.7 Å². The van der Waals surface area contributed by atoms with Crippen molar-refractivity contribution >= 4 is 34.7 Å². The molecule has 0 bridgehead atoms. The summed E-state index contributed by atoms with van der Waals surface area (Å²) in [5, 5.41) is 11.4. The van der Waals surface area contributed by atoms with E-state index in [1.807, 2.05) is 13.0 Å². The van der Waals surface area contributed by atoms with Crippen LogP contribution in [0.4, 0.5) is 5.69 Å². The van der Waals surface area contributed by atoms with Gasteiger partial charge < -0.3 is 9.84 Å². The van der Waals surface area contributed by atoms with Crippen molar-refractivity contribution in [3.8, 4) is 5.75 Å². The highest BCUT2D eigenvalue weighted by atomic mass is 35.5. The molecule has 7 heteroatoms. The molecule has 1 atom stereocenters. The standard InChI is InChI=1S/C24H19ClN2O4/c1-14-6-5-7-15(12-14)27-21(19-8-3-4-11-26-19)20(23(29)24(27)30)22(28)17-13-16(31-2)9-10-18(17)25/h3-13,21,28H,1-2H3/b22-20+. The molecule has 6 nitrogen and oxygen atoms in total. The summed E-state index contributed by atoms with van der Waals surface area (Å²) in [6.07, 6.45) is 1.57. The SMILES string of the molecule is COc1ccc(Cl)c(/C(O)=C2\C(=O)C(=O)N(c3cccc(C)c3)C2c2ccccn2)c1. The summed E-state index contributed by atoms with van der Waals surface area (Å²) >= 11 is 6.30. The number of hydrogen-bond donors (Lipinski definition) is 1. The molecule has 156 valence electrons. The summed E-state index contributed by atoms with van der Waals surface area (Å²) in [5.74, 6) is -1.49. The van der Waals surface area contributed by atoms with Gasteiger partial charge in [-0.1, -0.05) is 29.8 Å². The molecule has 1 aromatic heterocycles. The van der Waals surface area contributed by atoms with Gasteiger partial charge in [0.25, 0.3) is 11.7 Å². The fourth-order valence-electron chi connectivity index (χ4n) is 3.65. The summed E-state index contributed by atoms with van der Waals surface area (Å²) < 4.78 is 5.22. The number of amides is 1. The molecule has 1 aliphatic rings. The number of methoxy groups -OCH3 is 1. The number of aliphatic hydroxyl groups is 1. The maximum absolute atomic E-state index is 13.1. The van der Waals surface area contributed by atoms with Crippen molar-refractivity contribution in [3.63, 3.8) is 0 Å². The summed E-state index contributed by atoms with van der Waals surface area (Å²) in [5.41, 5.74) is 2.02. The van der Waals surface area contributed by atoms with E-state index >= 15 is 0 Å². The van der Waals surface area contributed by atoms with Crippen molar-refractivity contribution in [1.29, 1.82) is 0 Å². The molecule has 1 saturated heterocycles. The Labute approximate surface area is 184 Å². The number of ether oxygens (including phenoxy) is 1. The zero-order valence-corrected chi connectivity index (χ0v) is 17.6. The second-order valence-electron chi connectivity index (χ2n) is 7.11. The minimum absolute atomic E-state index is 0.0830. The van der Waals surface area contributed by atoms with Crippen molar-refractivity contribution in [2.75, 3.05) is 12.0 Å². The summed E-state index contributed by atoms with van der Waals surface area (Å²) in [7, 11) is 1.48. The summed E-state index contributed by atoms with van der Waals surface area (Å²) in [6, 6.07) is 16.3. The Kier molecular flexibility index (Phi) is 5.48. The van der Waals surface area contributed by atoms with E-state index in [1.54, 1.807) is 54.7 Å².